The van der Waals surface area contributed by atoms with Crippen molar-refractivity contribution in [1.29, 1.82) is 0 Å². The molecule has 0 atom stereocenters. The van der Waals surface area contributed by atoms with Crippen LogP contribution in [0.3, 0.4) is 0 Å². The summed E-state index contributed by atoms with van der Waals surface area (Å²) in [6.45, 7) is 0. The van der Waals surface area contributed by atoms with Crippen molar-refractivity contribution < 1.29 is 19.0 Å². The van der Waals surface area contributed by atoms with Gasteiger partial charge in [0.2, 0.25) is 0 Å². The number of rotatable bonds is 7. The Balaban J connectivity index is 1.67. The molecule has 0 aliphatic rings. The molecule has 0 bridgehead atoms. The molecule has 0 unspecified atom stereocenters. The molecule has 0 spiro atoms. The van der Waals surface area contributed by atoms with Gasteiger partial charge in [0.1, 0.15) is 11.5 Å². The van der Waals surface area contributed by atoms with Crippen LogP contribution in [0, 0.1) is 0 Å². The summed E-state index contributed by atoms with van der Waals surface area (Å²) < 4.78 is 16.2. The van der Waals surface area contributed by atoms with E-state index in [1.54, 1.807) is 55.7 Å². The van der Waals surface area contributed by atoms with E-state index in [9.17, 15) is 4.79 Å². The first-order valence-electron chi connectivity index (χ1n) is 8.57. The molecule has 0 saturated heterocycles. The summed E-state index contributed by atoms with van der Waals surface area (Å²) >= 11 is 5.87. The van der Waals surface area contributed by atoms with Crippen LogP contribution in [0.2, 0.25) is 5.02 Å². The Kier molecular flexibility index (Phi) is 6.35. The average molecular weight is 395 g/mol. The monoisotopic (exact) mass is 394 g/mol. The van der Waals surface area contributed by atoms with Gasteiger partial charge in [0.15, 0.2) is 17.3 Å². The highest BCUT2D eigenvalue weighted by molar-refractivity contribution is 6.30. The van der Waals surface area contributed by atoms with Crippen LogP contribution in [0.1, 0.15) is 15.9 Å². The normalized spacial score (nSPS) is 10.7. The molecular formula is C23H19ClO4. The van der Waals surface area contributed by atoms with Crippen molar-refractivity contribution in [3.05, 3.63) is 89.0 Å². The zero-order chi connectivity index (χ0) is 19.9. The Morgan fingerprint density at radius 1 is 0.821 bits per heavy atom. The van der Waals surface area contributed by atoms with Crippen LogP contribution in [-0.4, -0.2) is 20.0 Å². The van der Waals surface area contributed by atoms with Crippen molar-refractivity contribution in [2.24, 2.45) is 0 Å². The summed E-state index contributed by atoms with van der Waals surface area (Å²) in [5.41, 5.74) is 1.41. The van der Waals surface area contributed by atoms with Gasteiger partial charge in [-0.25, -0.2) is 0 Å². The van der Waals surface area contributed by atoms with Gasteiger partial charge in [-0.2, -0.15) is 0 Å². The zero-order valence-electron chi connectivity index (χ0n) is 15.5. The molecule has 0 fully saturated rings. The van der Waals surface area contributed by atoms with E-state index in [-0.39, 0.29) is 5.78 Å². The molecule has 0 radical (unpaired) electrons. The number of benzene rings is 3. The van der Waals surface area contributed by atoms with Gasteiger partial charge in [0.05, 0.1) is 14.2 Å². The largest absolute Gasteiger partial charge is 0.493 e. The van der Waals surface area contributed by atoms with Crippen LogP contribution in [0.15, 0.2) is 72.8 Å². The molecule has 0 aliphatic carbocycles. The van der Waals surface area contributed by atoms with Crippen molar-refractivity contribution in [2.75, 3.05) is 14.2 Å². The minimum Gasteiger partial charge on any atom is -0.493 e. The van der Waals surface area contributed by atoms with Gasteiger partial charge in [-0.05, 0) is 66.2 Å². The molecule has 0 aliphatic heterocycles. The Labute approximate surface area is 168 Å². The third-order valence-corrected chi connectivity index (χ3v) is 4.28. The van der Waals surface area contributed by atoms with Gasteiger partial charge in [0, 0.05) is 10.6 Å². The predicted molar refractivity (Wildman–Crippen MR) is 111 cm³/mol. The SMILES string of the molecule is COc1ccc(C(=O)/C=C/c2ccc(Oc3ccc(Cl)cc3)cc2)cc1OC. The lowest BCUT2D eigenvalue weighted by atomic mass is 10.1. The summed E-state index contributed by atoms with van der Waals surface area (Å²) in [4.78, 5) is 12.4. The molecule has 0 heterocycles. The van der Waals surface area contributed by atoms with E-state index in [0.717, 1.165) is 5.56 Å². The molecule has 142 valence electrons. The number of halogens is 1. The summed E-state index contributed by atoms with van der Waals surface area (Å²) in [6.07, 6.45) is 3.28. The fraction of sp³-hybridized carbons (Fsp3) is 0.0870. The second-order valence-electron chi connectivity index (χ2n) is 5.89. The van der Waals surface area contributed by atoms with Crippen molar-refractivity contribution in [3.63, 3.8) is 0 Å². The Hall–Kier alpha value is -3.24. The topological polar surface area (TPSA) is 44.8 Å². The molecule has 0 N–H and O–H groups in total. The lowest BCUT2D eigenvalue weighted by Gasteiger charge is -2.08. The number of ether oxygens (including phenoxy) is 3. The van der Waals surface area contributed by atoms with Crippen LogP contribution < -0.4 is 14.2 Å². The fourth-order valence-corrected chi connectivity index (χ4v) is 2.67. The zero-order valence-corrected chi connectivity index (χ0v) is 16.3. The van der Waals surface area contributed by atoms with Gasteiger partial charge >= 0.3 is 0 Å². The Morgan fingerprint density at radius 3 is 2.04 bits per heavy atom. The summed E-state index contributed by atoms with van der Waals surface area (Å²) in [7, 11) is 3.09. The highest BCUT2D eigenvalue weighted by Crippen LogP contribution is 2.28. The van der Waals surface area contributed by atoms with E-state index in [1.165, 1.54) is 13.2 Å². The third kappa shape index (κ3) is 4.93. The van der Waals surface area contributed by atoms with Crippen molar-refractivity contribution in [1.82, 2.24) is 0 Å². The second-order valence-corrected chi connectivity index (χ2v) is 6.33. The van der Waals surface area contributed by atoms with E-state index in [1.807, 2.05) is 24.3 Å². The summed E-state index contributed by atoms with van der Waals surface area (Å²) in [6, 6.07) is 19.7. The highest BCUT2D eigenvalue weighted by Gasteiger charge is 2.08. The van der Waals surface area contributed by atoms with E-state index < -0.39 is 0 Å². The molecule has 0 aromatic heterocycles. The number of carbonyl (C=O) groups excluding carboxylic acids is 1. The number of hydrogen-bond acceptors (Lipinski definition) is 4. The van der Waals surface area contributed by atoms with E-state index in [4.69, 9.17) is 25.8 Å². The molecule has 0 amide bonds. The molecule has 5 heteroatoms. The molecular weight excluding hydrogens is 376 g/mol. The smallest absolute Gasteiger partial charge is 0.185 e. The molecule has 3 aromatic rings. The lowest BCUT2D eigenvalue weighted by Crippen LogP contribution is -1.97. The maximum Gasteiger partial charge on any atom is 0.185 e. The van der Waals surface area contributed by atoms with Gasteiger partial charge < -0.3 is 14.2 Å². The van der Waals surface area contributed by atoms with Gasteiger partial charge in [0.25, 0.3) is 0 Å². The van der Waals surface area contributed by atoms with Gasteiger partial charge in [-0.1, -0.05) is 29.8 Å². The fourth-order valence-electron chi connectivity index (χ4n) is 2.54. The summed E-state index contributed by atoms with van der Waals surface area (Å²) in [5.74, 6) is 2.38. The quantitative estimate of drug-likeness (QED) is 0.361. The molecule has 3 aromatic carbocycles. The van der Waals surface area contributed by atoms with E-state index in [2.05, 4.69) is 0 Å². The van der Waals surface area contributed by atoms with Crippen LogP contribution in [0.4, 0.5) is 0 Å². The first kappa shape index (κ1) is 19.5. The number of hydrogen-bond donors (Lipinski definition) is 0. The van der Waals surface area contributed by atoms with Crippen molar-refractivity contribution in [2.45, 2.75) is 0 Å². The predicted octanol–water partition coefficient (Wildman–Crippen LogP) is 6.05. The standard InChI is InChI=1S/C23H19ClO4/c1-26-22-14-6-17(15-23(22)27-2)21(25)13-5-16-3-9-19(10-4-16)28-20-11-7-18(24)8-12-20/h3-15H,1-2H3/b13-5+. The third-order valence-electron chi connectivity index (χ3n) is 4.02. The maximum atomic E-state index is 12.4. The molecule has 4 nitrogen and oxygen atoms in total. The number of allylic oxidation sites excluding steroid dienone is 1. The van der Waals surface area contributed by atoms with E-state index in [0.29, 0.717) is 33.6 Å². The van der Waals surface area contributed by atoms with E-state index >= 15 is 0 Å². The maximum absolute atomic E-state index is 12.4. The number of methoxy groups -OCH3 is 2. The second kappa shape index (κ2) is 9.11. The van der Waals surface area contributed by atoms with Crippen LogP contribution in [0.5, 0.6) is 23.0 Å². The minimum atomic E-state index is -0.123. The van der Waals surface area contributed by atoms with Crippen molar-refractivity contribution >= 4 is 23.5 Å². The number of carbonyl (C=O) groups is 1. The molecule has 3 rings (SSSR count). The minimum absolute atomic E-state index is 0.123. The van der Waals surface area contributed by atoms with Crippen LogP contribution in [-0.2, 0) is 0 Å². The molecule has 0 saturated carbocycles. The van der Waals surface area contributed by atoms with Gasteiger partial charge in [-0.3, -0.25) is 4.79 Å². The Bertz CT molecular complexity index is 976. The summed E-state index contributed by atoms with van der Waals surface area (Å²) in [5, 5.41) is 0.659. The molecule has 28 heavy (non-hydrogen) atoms. The first-order valence-corrected chi connectivity index (χ1v) is 8.95. The van der Waals surface area contributed by atoms with Crippen LogP contribution in [0.25, 0.3) is 6.08 Å². The first-order chi connectivity index (χ1) is 13.6. The highest BCUT2D eigenvalue weighted by atomic mass is 35.5. The van der Waals surface area contributed by atoms with Crippen LogP contribution >= 0.6 is 11.6 Å². The lowest BCUT2D eigenvalue weighted by molar-refractivity contribution is 0.104. The van der Waals surface area contributed by atoms with Crippen molar-refractivity contribution in [3.8, 4) is 23.0 Å². The van der Waals surface area contributed by atoms with Gasteiger partial charge in [-0.15, -0.1) is 0 Å². The average Bonchev–Trinajstić information content (AvgIpc) is 2.74. The Morgan fingerprint density at radius 2 is 1.43 bits per heavy atom. The number of ketones is 1.